The van der Waals surface area contributed by atoms with Crippen LogP contribution < -0.4 is 21.4 Å². The first-order chi connectivity index (χ1) is 14.6. The molecule has 0 aliphatic carbocycles. The Labute approximate surface area is 201 Å². The van der Waals surface area contributed by atoms with Crippen molar-refractivity contribution in [1.29, 1.82) is 5.41 Å². The molecule has 13 heteroatoms. The Kier molecular flexibility index (Phi) is 7.23. The van der Waals surface area contributed by atoms with Crippen LogP contribution in [-0.2, 0) is 9.59 Å². The fourth-order valence-electron chi connectivity index (χ4n) is 2.70. The highest BCUT2D eigenvalue weighted by Gasteiger charge is 2.40. The van der Waals surface area contributed by atoms with Gasteiger partial charge in [-0.2, -0.15) is 5.01 Å². The van der Waals surface area contributed by atoms with Crippen LogP contribution in [0, 0.1) is 5.41 Å². The van der Waals surface area contributed by atoms with Gasteiger partial charge >= 0.3 is 0 Å². The zero-order valence-corrected chi connectivity index (χ0v) is 19.5. The Bertz CT molecular complexity index is 1100. The molecule has 31 heavy (non-hydrogen) atoms. The van der Waals surface area contributed by atoms with Crippen LogP contribution in [0.2, 0.25) is 20.1 Å². The molecule has 2 aromatic carbocycles. The summed E-state index contributed by atoms with van der Waals surface area (Å²) in [7, 11) is 0. The predicted molar refractivity (Wildman–Crippen MR) is 129 cm³/mol. The lowest BCUT2D eigenvalue weighted by molar-refractivity contribution is -0.116. The number of carbonyl (C=O) groups is 2. The number of halogens is 4. The topological polar surface area (TPSA) is 124 Å². The molecule has 0 radical (unpaired) electrons. The van der Waals surface area contributed by atoms with Crippen LogP contribution in [0.3, 0.4) is 0 Å². The Hall–Kier alpha value is -2.17. The number of anilines is 3. The van der Waals surface area contributed by atoms with Crippen molar-refractivity contribution in [3.8, 4) is 0 Å². The summed E-state index contributed by atoms with van der Waals surface area (Å²) < 4.78 is 0. The Balaban J connectivity index is 2.02. The first-order valence-electron chi connectivity index (χ1n) is 8.48. The van der Waals surface area contributed by atoms with Gasteiger partial charge in [-0.25, -0.2) is 0 Å². The highest BCUT2D eigenvalue weighted by atomic mass is 35.5. The van der Waals surface area contributed by atoms with Crippen molar-refractivity contribution < 1.29 is 9.59 Å². The Morgan fingerprint density at radius 3 is 2.39 bits per heavy atom. The maximum Gasteiger partial charge on any atom is 0.268 e. The summed E-state index contributed by atoms with van der Waals surface area (Å²) in [6.45, 7) is 1.37. The van der Waals surface area contributed by atoms with E-state index in [0.717, 1.165) is 16.8 Å². The molecule has 162 valence electrons. The molecule has 8 nitrogen and oxygen atoms in total. The van der Waals surface area contributed by atoms with Crippen molar-refractivity contribution in [1.82, 2.24) is 0 Å². The van der Waals surface area contributed by atoms with Crippen LogP contribution in [0.25, 0.3) is 0 Å². The van der Waals surface area contributed by atoms with Gasteiger partial charge in [0, 0.05) is 17.6 Å². The third kappa shape index (κ3) is 5.36. The van der Waals surface area contributed by atoms with Gasteiger partial charge < -0.3 is 16.4 Å². The van der Waals surface area contributed by atoms with E-state index in [1.165, 1.54) is 19.1 Å². The number of nitrogens with zero attached hydrogens (tertiary/aromatic N) is 2. The van der Waals surface area contributed by atoms with Gasteiger partial charge in [0.05, 0.1) is 20.8 Å². The fraction of sp³-hybridized carbons (Fsp3) is 0.111. The van der Waals surface area contributed by atoms with E-state index < -0.39 is 11.2 Å². The first-order valence-corrected chi connectivity index (χ1v) is 10.9. The van der Waals surface area contributed by atoms with E-state index in [-0.39, 0.29) is 32.6 Å². The lowest BCUT2D eigenvalue weighted by atomic mass is 10.2. The summed E-state index contributed by atoms with van der Waals surface area (Å²) >= 11 is 25.5. The average Bonchev–Trinajstić information content (AvgIpc) is 2.92. The molecule has 0 spiro atoms. The molecule has 1 aliphatic rings. The molecule has 3 rings (SSSR count). The van der Waals surface area contributed by atoms with Gasteiger partial charge in [-0.15, -0.1) is 5.10 Å². The summed E-state index contributed by atoms with van der Waals surface area (Å²) in [5.74, 6) is -0.637. The van der Waals surface area contributed by atoms with Crippen LogP contribution in [0.5, 0.6) is 0 Å². The minimum atomic E-state index is -0.985. The minimum absolute atomic E-state index is 0.119. The van der Waals surface area contributed by atoms with E-state index in [4.69, 9.17) is 57.5 Å². The van der Waals surface area contributed by atoms with Gasteiger partial charge in [0.2, 0.25) is 5.91 Å². The number of hydrazone groups is 1. The normalized spacial score (nSPS) is 15.6. The number of amides is 2. The Morgan fingerprint density at radius 2 is 1.81 bits per heavy atom. The van der Waals surface area contributed by atoms with Gasteiger partial charge in [-0.3, -0.25) is 15.0 Å². The van der Waals surface area contributed by atoms with E-state index in [9.17, 15) is 9.59 Å². The second-order valence-corrected chi connectivity index (χ2v) is 9.02. The maximum absolute atomic E-state index is 13.1. The van der Waals surface area contributed by atoms with E-state index >= 15 is 0 Å². The van der Waals surface area contributed by atoms with Gasteiger partial charge in [-0.05, 0) is 30.3 Å². The minimum Gasteiger partial charge on any atom is -0.379 e. The lowest BCUT2D eigenvalue weighted by Crippen LogP contribution is -2.34. The molecule has 0 aromatic heterocycles. The number of amidine groups is 2. The summed E-state index contributed by atoms with van der Waals surface area (Å²) in [6.07, 6.45) is 0. The van der Waals surface area contributed by atoms with Crippen LogP contribution in [0.4, 0.5) is 17.1 Å². The third-order valence-electron chi connectivity index (χ3n) is 3.88. The van der Waals surface area contributed by atoms with E-state index in [1.54, 1.807) is 18.2 Å². The van der Waals surface area contributed by atoms with Gasteiger partial charge in [-0.1, -0.05) is 58.2 Å². The molecule has 1 aliphatic heterocycles. The van der Waals surface area contributed by atoms with Gasteiger partial charge in [0.25, 0.3) is 5.91 Å². The van der Waals surface area contributed by atoms with Crippen LogP contribution in [0.15, 0.2) is 35.4 Å². The van der Waals surface area contributed by atoms with Crippen molar-refractivity contribution >= 4 is 98.0 Å². The van der Waals surface area contributed by atoms with Crippen molar-refractivity contribution in [2.24, 2.45) is 10.8 Å². The first kappa shape index (κ1) is 23.5. The fourth-order valence-corrected chi connectivity index (χ4v) is 4.51. The molecule has 1 unspecified atom stereocenters. The third-order valence-corrected chi connectivity index (χ3v) is 5.92. The molecular weight excluding hydrogens is 506 g/mol. The van der Waals surface area contributed by atoms with Gasteiger partial charge in [0.1, 0.15) is 5.69 Å². The van der Waals surface area contributed by atoms with Crippen LogP contribution in [-0.4, -0.2) is 28.1 Å². The second-order valence-electron chi connectivity index (χ2n) is 6.22. The zero-order valence-electron chi connectivity index (χ0n) is 15.7. The highest BCUT2D eigenvalue weighted by molar-refractivity contribution is 8.15. The molecule has 2 amide bonds. The lowest BCUT2D eigenvalue weighted by Gasteiger charge is -2.16. The molecular formula is C18H14Cl4N6O2S. The second kappa shape index (κ2) is 9.54. The number of hydrogen-bond donors (Lipinski definition) is 4. The number of benzene rings is 2. The standard InChI is InChI=1S/C18H14Cl4N6O2S/c1-7(29)25-9-2-3-10(20)13(6-9)26-16-15(31-18(23)24)17(30)28(27-16)14-11(21)4-8(19)5-12(14)22/h2-6,15H,1H3,(H3,23,24)(H,25,29)(H,26,27). The van der Waals surface area contributed by atoms with E-state index in [0.29, 0.717) is 21.4 Å². The number of carbonyl (C=O) groups excluding carboxylic acids is 2. The molecule has 1 atom stereocenters. The van der Waals surface area contributed by atoms with Crippen LogP contribution >= 0.6 is 58.2 Å². The number of rotatable bonds is 4. The van der Waals surface area contributed by atoms with Crippen LogP contribution in [0.1, 0.15) is 6.92 Å². The average molecular weight is 520 g/mol. The van der Waals surface area contributed by atoms with Gasteiger partial charge in [0.15, 0.2) is 16.3 Å². The van der Waals surface area contributed by atoms with Crippen molar-refractivity contribution in [3.63, 3.8) is 0 Å². The Morgan fingerprint density at radius 1 is 1.16 bits per heavy atom. The molecule has 0 fully saturated rings. The maximum atomic E-state index is 13.1. The molecule has 2 aromatic rings. The van der Waals surface area contributed by atoms with E-state index in [2.05, 4.69) is 15.7 Å². The number of nitrogens with two attached hydrogens (primary N) is 1. The number of hydrogen-bond acceptors (Lipinski definition) is 6. The number of nitrogens with one attached hydrogen (secondary N) is 3. The van der Waals surface area contributed by atoms with Crippen molar-refractivity contribution in [2.75, 3.05) is 15.6 Å². The van der Waals surface area contributed by atoms with Crippen molar-refractivity contribution in [2.45, 2.75) is 12.2 Å². The monoisotopic (exact) mass is 518 g/mol. The summed E-state index contributed by atoms with van der Waals surface area (Å²) in [6, 6.07) is 7.64. The SMILES string of the molecule is CC(=O)Nc1ccc(Cl)c(NC2=NN(c3c(Cl)cc(Cl)cc3Cl)C(=O)C2SC(=N)N)c1. The largest absolute Gasteiger partial charge is 0.379 e. The smallest absolute Gasteiger partial charge is 0.268 e. The molecule has 5 N–H and O–H groups in total. The summed E-state index contributed by atoms with van der Waals surface area (Å²) in [5, 5.41) is 18.1. The molecule has 0 saturated carbocycles. The molecule has 0 bridgehead atoms. The predicted octanol–water partition coefficient (Wildman–Crippen LogP) is 5.03. The summed E-state index contributed by atoms with van der Waals surface area (Å²) in [4.78, 5) is 24.4. The zero-order chi connectivity index (χ0) is 22.9. The highest BCUT2D eigenvalue weighted by Crippen LogP contribution is 2.40. The van der Waals surface area contributed by atoms with E-state index in [1.807, 2.05) is 0 Å². The molecule has 0 saturated heterocycles. The van der Waals surface area contributed by atoms with Crippen molar-refractivity contribution in [3.05, 3.63) is 50.4 Å². The molecule has 1 heterocycles. The quantitative estimate of drug-likeness (QED) is 0.333. The number of thioether (sulfide) groups is 1. The summed E-state index contributed by atoms with van der Waals surface area (Å²) in [5.41, 5.74) is 6.52.